The van der Waals surface area contributed by atoms with Crippen molar-refractivity contribution in [2.24, 2.45) is 0 Å². The summed E-state index contributed by atoms with van der Waals surface area (Å²) < 4.78 is 4.99. The number of nitriles is 1. The first-order chi connectivity index (χ1) is 14.7. The highest BCUT2D eigenvalue weighted by Gasteiger charge is 2.26. The Morgan fingerprint density at radius 3 is 2.40 bits per heavy atom. The van der Waals surface area contributed by atoms with E-state index in [-0.39, 0.29) is 17.9 Å². The monoisotopic (exact) mass is 399 g/mol. The zero-order valence-corrected chi connectivity index (χ0v) is 16.4. The minimum Gasteiger partial charge on any atom is -0.472 e. The van der Waals surface area contributed by atoms with Gasteiger partial charge in [0.05, 0.1) is 23.5 Å². The molecule has 1 saturated heterocycles. The predicted molar refractivity (Wildman–Crippen MR) is 112 cm³/mol. The molecule has 0 unspecified atom stereocenters. The molecule has 0 bridgehead atoms. The molecule has 0 spiro atoms. The maximum Gasteiger partial charge on any atom is 0.257 e. The van der Waals surface area contributed by atoms with Gasteiger partial charge in [0.25, 0.3) is 11.8 Å². The molecule has 0 atom stereocenters. The van der Waals surface area contributed by atoms with Crippen molar-refractivity contribution in [2.75, 3.05) is 13.1 Å². The zero-order chi connectivity index (χ0) is 20.9. The number of nitrogens with one attached hydrogen (secondary N) is 1. The summed E-state index contributed by atoms with van der Waals surface area (Å²) in [5.74, 6) is -0.218. The van der Waals surface area contributed by atoms with Crippen LogP contribution in [0, 0.1) is 11.3 Å². The maximum atomic E-state index is 13.0. The molecule has 4 rings (SSSR count). The topological polar surface area (TPSA) is 86.3 Å². The number of rotatable bonds is 4. The van der Waals surface area contributed by atoms with Gasteiger partial charge in [-0.15, -0.1) is 0 Å². The lowest BCUT2D eigenvalue weighted by molar-refractivity contribution is 0.0697. The number of likely N-dealkylation sites (tertiary alicyclic amines) is 1. The highest BCUT2D eigenvalue weighted by molar-refractivity contribution is 6.01. The number of hydrogen-bond donors (Lipinski definition) is 1. The van der Waals surface area contributed by atoms with Gasteiger partial charge in [0, 0.05) is 30.3 Å². The Balaban J connectivity index is 1.45. The van der Waals surface area contributed by atoms with E-state index in [1.165, 1.54) is 12.5 Å². The summed E-state index contributed by atoms with van der Waals surface area (Å²) in [5.41, 5.74) is 3.09. The molecule has 1 aromatic heterocycles. The van der Waals surface area contributed by atoms with Gasteiger partial charge in [-0.25, -0.2) is 0 Å². The van der Waals surface area contributed by atoms with E-state index in [2.05, 4.69) is 11.4 Å². The Kier molecular flexibility index (Phi) is 5.62. The van der Waals surface area contributed by atoms with Gasteiger partial charge in [0.1, 0.15) is 6.26 Å². The van der Waals surface area contributed by atoms with E-state index in [9.17, 15) is 14.9 Å². The quantitative estimate of drug-likeness (QED) is 0.722. The molecule has 0 aliphatic carbocycles. The number of carbonyl (C=O) groups excluding carboxylic acids is 2. The Morgan fingerprint density at radius 1 is 1.00 bits per heavy atom. The maximum absolute atomic E-state index is 13.0. The van der Waals surface area contributed by atoms with Crippen LogP contribution >= 0.6 is 0 Å². The van der Waals surface area contributed by atoms with Crippen molar-refractivity contribution in [3.8, 4) is 17.2 Å². The molecule has 2 aromatic carbocycles. The molecule has 0 saturated carbocycles. The van der Waals surface area contributed by atoms with Gasteiger partial charge >= 0.3 is 0 Å². The number of benzene rings is 2. The van der Waals surface area contributed by atoms with Crippen molar-refractivity contribution in [3.05, 3.63) is 83.8 Å². The van der Waals surface area contributed by atoms with Gasteiger partial charge in [-0.3, -0.25) is 9.59 Å². The highest BCUT2D eigenvalue weighted by Crippen LogP contribution is 2.27. The van der Waals surface area contributed by atoms with Crippen molar-refractivity contribution < 1.29 is 14.0 Å². The molecule has 3 aromatic rings. The molecule has 6 heteroatoms. The van der Waals surface area contributed by atoms with Crippen LogP contribution in [0.15, 0.2) is 71.5 Å². The van der Waals surface area contributed by atoms with E-state index in [1.54, 1.807) is 23.1 Å². The lowest BCUT2D eigenvalue weighted by Gasteiger charge is -2.32. The summed E-state index contributed by atoms with van der Waals surface area (Å²) in [5, 5.41) is 12.5. The van der Waals surface area contributed by atoms with Crippen LogP contribution in [-0.4, -0.2) is 35.8 Å². The SMILES string of the molecule is N#Cc1ccccc1-c1ccccc1C(=O)NC1CCN(C(=O)c2ccoc2)CC1. The fraction of sp³-hybridized carbons (Fsp3) is 0.208. The van der Waals surface area contributed by atoms with Crippen LogP contribution in [0.5, 0.6) is 0 Å². The number of amides is 2. The van der Waals surface area contributed by atoms with Crippen molar-refractivity contribution >= 4 is 11.8 Å². The zero-order valence-electron chi connectivity index (χ0n) is 16.4. The number of piperidine rings is 1. The number of hydrogen-bond acceptors (Lipinski definition) is 4. The molecule has 150 valence electrons. The molecule has 6 nitrogen and oxygen atoms in total. The summed E-state index contributed by atoms with van der Waals surface area (Å²) in [7, 11) is 0. The summed E-state index contributed by atoms with van der Waals surface area (Å²) in [6.45, 7) is 1.15. The van der Waals surface area contributed by atoms with Crippen LogP contribution in [0.1, 0.15) is 39.1 Å². The van der Waals surface area contributed by atoms with E-state index in [1.807, 2.05) is 36.4 Å². The first-order valence-corrected chi connectivity index (χ1v) is 9.88. The van der Waals surface area contributed by atoms with E-state index >= 15 is 0 Å². The second kappa shape index (κ2) is 8.66. The van der Waals surface area contributed by atoms with Crippen molar-refractivity contribution in [2.45, 2.75) is 18.9 Å². The standard InChI is InChI=1S/C24H21N3O3/c25-15-17-5-1-2-6-20(17)21-7-3-4-8-22(21)23(28)26-19-9-12-27(13-10-19)24(29)18-11-14-30-16-18/h1-8,11,14,16,19H,9-10,12-13H2,(H,26,28). The molecular formula is C24H21N3O3. The van der Waals surface area contributed by atoms with Crippen molar-refractivity contribution in [1.29, 1.82) is 5.26 Å². The normalized spacial score (nSPS) is 14.2. The van der Waals surface area contributed by atoms with E-state index in [0.717, 1.165) is 11.1 Å². The number of nitrogens with zero attached hydrogens (tertiary/aromatic N) is 2. The molecule has 1 N–H and O–H groups in total. The largest absolute Gasteiger partial charge is 0.472 e. The summed E-state index contributed by atoms with van der Waals surface area (Å²) >= 11 is 0. The molecule has 30 heavy (non-hydrogen) atoms. The van der Waals surface area contributed by atoms with E-state index in [0.29, 0.717) is 42.6 Å². The summed E-state index contributed by atoms with van der Waals surface area (Å²) in [4.78, 5) is 27.2. The fourth-order valence-corrected chi connectivity index (χ4v) is 3.79. The average Bonchev–Trinajstić information content (AvgIpc) is 3.34. The Bertz CT molecular complexity index is 1090. The fourth-order valence-electron chi connectivity index (χ4n) is 3.79. The van der Waals surface area contributed by atoms with Crippen molar-refractivity contribution in [1.82, 2.24) is 10.2 Å². The van der Waals surface area contributed by atoms with Crippen LogP contribution in [-0.2, 0) is 0 Å². The third-order valence-electron chi connectivity index (χ3n) is 5.39. The Hall–Kier alpha value is -3.85. The molecule has 0 radical (unpaired) electrons. The molecule has 1 fully saturated rings. The van der Waals surface area contributed by atoms with Gasteiger partial charge in [-0.05, 0) is 36.6 Å². The molecule has 2 heterocycles. The summed E-state index contributed by atoms with van der Waals surface area (Å²) in [6.07, 6.45) is 4.31. The van der Waals surface area contributed by atoms with Crippen LogP contribution in [0.25, 0.3) is 11.1 Å². The van der Waals surface area contributed by atoms with E-state index in [4.69, 9.17) is 4.42 Å². The van der Waals surface area contributed by atoms with Crippen LogP contribution in [0.4, 0.5) is 0 Å². The first kappa shape index (κ1) is 19.5. The predicted octanol–water partition coefficient (Wildman–Crippen LogP) is 3.85. The van der Waals surface area contributed by atoms with Gasteiger partial charge in [0.2, 0.25) is 0 Å². The molecular weight excluding hydrogens is 378 g/mol. The lowest BCUT2D eigenvalue weighted by Crippen LogP contribution is -2.46. The lowest BCUT2D eigenvalue weighted by atomic mass is 9.95. The number of furan rings is 1. The minimum absolute atomic E-state index is 0.00911. The van der Waals surface area contributed by atoms with Gasteiger partial charge in [-0.1, -0.05) is 36.4 Å². The smallest absolute Gasteiger partial charge is 0.257 e. The third kappa shape index (κ3) is 3.96. The van der Waals surface area contributed by atoms with Gasteiger partial charge in [-0.2, -0.15) is 5.26 Å². The Morgan fingerprint density at radius 2 is 1.70 bits per heavy atom. The van der Waals surface area contributed by atoms with Gasteiger partial charge < -0.3 is 14.6 Å². The average molecular weight is 399 g/mol. The van der Waals surface area contributed by atoms with Crippen LogP contribution in [0.2, 0.25) is 0 Å². The van der Waals surface area contributed by atoms with E-state index < -0.39 is 0 Å². The third-order valence-corrected chi connectivity index (χ3v) is 5.39. The highest BCUT2D eigenvalue weighted by atomic mass is 16.3. The Labute approximate surface area is 174 Å². The number of carbonyl (C=O) groups is 2. The van der Waals surface area contributed by atoms with Crippen LogP contribution in [0.3, 0.4) is 0 Å². The van der Waals surface area contributed by atoms with Crippen molar-refractivity contribution in [3.63, 3.8) is 0 Å². The molecule has 1 aliphatic heterocycles. The van der Waals surface area contributed by atoms with Crippen LogP contribution < -0.4 is 5.32 Å². The summed E-state index contributed by atoms with van der Waals surface area (Å²) in [6, 6.07) is 18.4. The minimum atomic E-state index is -0.169. The first-order valence-electron chi connectivity index (χ1n) is 9.88. The second-order valence-corrected chi connectivity index (χ2v) is 7.25. The molecule has 2 amide bonds. The molecule has 1 aliphatic rings. The van der Waals surface area contributed by atoms with Gasteiger partial charge in [0.15, 0.2) is 0 Å². The second-order valence-electron chi connectivity index (χ2n) is 7.25.